The molecule has 1 aliphatic heterocycles. The molecule has 0 N–H and O–H groups in total. The van der Waals surface area contributed by atoms with Gasteiger partial charge in [0.25, 0.3) is 0 Å². The molecule has 0 amide bonds. The quantitative estimate of drug-likeness (QED) is 0.338. The Labute approximate surface area is 185 Å². The number of ether oxygens (including phenoxy) is 4. The van der Waals surface area contributed by atoms with Crippen LogP contribution in [0, 0.1) is 3.57 Å². The number of esters is 1. The predicted octanol–water partition coefficient (Wildman–Crippen LogP) is 4.14. The standard InChI is InChI=1S/C20H19IN2O5S/c1-3-14-16(21)15-18(22-9-23-19(15)29-14)28-13(20(24)25-4-2)8-11-6-5-7-12-17(11)27-10-26-12/h5-7,9,13H,3-4,8,10H2,1-2H3/t13-/m0/s1. The van der Waals surface area contributed by atoms with Gasteiger partial charge in [-0.15, -0.1) is 11.3 Å². The van der Waals surface area contributed by atoms with Crippen LogP contribution in [0.1, 0.15) is 24.3 Å². The smallest absolute Gasteiger partial charge is 0.347 e. The molecule has 1 aliphatic rings. The Balaban J connectivity index is 1.69. The lowest BCUT2D eigenvalue weighted by Gasteiger charge is -2.18. The Kier molecular flexibility index (Phi) is 6.04. The Hall–Kier alpha value is -2.14. The highest BCUT2D eigenvalue weighted by Crippen LogP contribution is 2.38. The Morgan fingerprint density at radius 2 is 2.17 bits per heavy atom. The minimum Gasteiger partial charge on any atom is -0.463 e. The summed E-state index contributed by atoms with van der Waals surface area (Å²) in [6, 6.07) is 5.59. The largest absolute Gasteiger partial charge is 0.463 e. The van der Waals surface area contributed by atoms with Crippen molar-refractivity contribution < 1.29 is 23.7 Å². The summed E-state index contributed by atoms with van der Waals surface area (Å²) < 4.78 is 23.4. The van der Waals surface area contributed by atoms with E-state index in [1.54, 1.807) is 18.3 Å². The molecule has 152 valence electrons. The van der Waals surface area contributed by atoms with E-state index >= 15 is 0 Å². The Morgan fingerprint density at radius 1 is 1.31 bits per heavy atom. The molecular formula is C20H19IN2O5S. The third-order valence-corrected chi connectivity index (χ3v) is 7.27. The van der Waals surface area contributed by atoms with Crippen LogP contribution in [0.5, 0.6) is 17.4 Å². The van der Waals surface area contributed by atoms with E-state index < -0.39 is 12.1 Å². The summed E-state index contributed by atoms with van der Waals surface area (Å²) in [5.74, 6) is 1.24. The average molecular weight is 526 g/mol. The summed E-state index contributed by atoms with van der Waals surface area (Å²) >= 11 is 3.90. The number of carbonyl (C=O) groups is 1. The van der Waals surface area contributed by atoms with Crippen molar-refractivity contribution in [3.05, 3.63) is 38.5 Å². The van der Waals surface area contributed by atoms with Gasteiger partial charge in [-0.3, -0.25) is 0 Å². The molecule has 7 nitrogen and oxygen atoms in total. The molecule has 3 aromatic rings. The van der Waals surface area contributed by atoms with Crippen LogP contribution in [-0.2, 0) is 22.4 Å². The van der Waals surface area contributed by atoms with Gasteiger partial charge in [-0.2, -0.15) is 0 Å². The molecular weight excluding hydrogens is 507 g/mol. The number of halogens is 1. The zero-order valence-corrected chi connectivity index (χ0v) is 18.9. The van der Waals surface area contributed by atoms with E-state index in [4.69, 9.17) is 18.9 Å². The number of hydrogen-bond donors (Lipinski definition) is 0. The first-order chi connectivity index (χ1) is 14.1. The van der Waals surface area contributed by atoms with E-state index in [9.17, 15) is 4.79 Å². The highest BCUT2D eigenvalue weighted by Gasteiger charge is 2.28. The third kappa shape index (κ3) is 3.97. The predicted molar refractivity (Wildman–Crippen MR) is 117 cm³/mol. The number of hydrogen-bond acceptors (Lipinski definition) is 8. The molecule has 1 atom stereocenters. The van der Waals surface area contributed by atoms with Crippen LogP contribution in [0.25, 0.3) is 10.2 Å². The van der Waals surface area contributed by atoms with Crippen LogP contribution < -0.4 is 14.2 Å². The fourth-order valence-corrected chi connectivity index (χ4v) is 5.47. The monoisotopic (exact) mass is 526 g/mol. The maximum absolute atomic E-state index is 12.7. The van der Waals surface area contributed by atoms with Crippen molar-refractivity contribution in [1.82, 2.24) is 9.97 Å². The van der Waals surface area contributed by atoms with Crippen LogP contribution in [-0.4, -0.2) is 35.4 Å². The molecule has 9 heteroatoms. The summed E-state index contributed by atoms with van der Waals surface area (Å²) in [5.41, 5.74) is 0.817. The molecule has 0 fully saturated rings. The first-order valence-electron chi connectivity index (χ1n) is 9.25. The lowest BCUT2D eigenvalue weighted by molar-refractivity contribution is -0.151. The highest BCUT2D eigenvalue weighted by atomic mass is 127. The topological polar surface area (TPSA) is 79.8 Å². The van der Waals surface area contributed by atoms with E-state index in [1.165, 1.54) is 11.2 Å². The third-order valence-electron chi connectivity index (χ3n) is 4.47. The summed E-state index contributed by atoms with van der Waals surface area (Å²) in [4.78, 5) is 23.4. The van der Waals surface area contributed by atoms with Crippen LogP contribution in [0.15, 0.2) is 24.5 Å². The SMILES string of the molecule is CCOC(=O)[C@H](Cc1cccc2c1OCO2)Oc1ncnc2sc(CC)c(I)c12. The average Bonchev–Trinajstić information content (AvgIpc) is 3.33. The number of benzene rings is 1. The van der Waals surface area contributed by atoms with E-state index in [1.807, 2.05) is 18.2 Å². The molecule has 29 heavy (non-hydrogen) atoms. The molecule has 1 aromatic carbocycles. The number of aryl methyl sites for hydroxylation is 1. The maximum Gasteiger partial charge on any atom is 0.347 e. The van der Waals surface area contributed by atoms with Gasteiger partial charge in [-0.25, -0.2) is 14.8 Å². The fourth-order valence-electron chi connectivity index (χ4n) is 3.13. The summed E-state index contributed by atoms with van der Waals surface area (Å²) in [6.07, 6.45) is 1.76. The van der Waals surface area contributed by atoms with Crippen molar-refractivity contribution in [2.75, 3.05) is 13.4 Å². The minimum absolute atomic E-state index is 0.163. The van der Waals surface area contributed by atoms with Crippen molar-refractivity contribution in [1.29, 1.82) is 0 Å². The molecule has 0 unspecified atom stereocenters. The van der Waals surface area contributed by atoms with Gasteiger partial charge < -0.3 is 18.9 Å². The number of aromatic nitrogens is 2. The Bertz CT molecular complexity index is 1050. The lowest BCUT2D eigenvalue weighted by atomic mass is 10.1. The van der Waals surface area contributed by atoms with Gasteiger partial charge in [-0.1, -0.05) is 19.1 Å². The molecule has 3 heterocycles. The van der Waals surface area contributed by atoms with Crippen LogP contribution >= 0.6 is 33.9 Å². The van der Waals surface area contributed by atoms with Gasteiger partial charge in [0, 0.05) is 20.4 Å². The minimum atomic E-state index is -0.871. The number of thiophene rings is 1. The number of para-hydroxylation sites is 1. The molecule has 2 aromatic heterocycles. The second-order valence-corrected chi connectivity index (χ2v) is 8.43. The van der Waals surface area contributed by atoms with E-state index in [2.05, 4.69) is 39.5 Å². The first kappa shape index (κ1) is 20.1. The first-order valence-corrected chi connectivity index (χ1v) is 11.1. The van der Waals surface area contributed by atoms with Gasteiger partial charge in [0.05, 0.1) is 12.0 Å². The number of carbonyl (C=O) groups excluding carboxylic acids is 1. The normalized spacial score (nSPS) is 13.5. The van der Waals surface area contributed by atoms with Crippen molar-refractivity contribution in [2.24, 2.45) is 0 Å². The Morgan fingerprint density at radius 3 is 2.97 bits per heavy atom. The fraction of sp³-hybridized carbons (Fsp3) is 0.350. The van der Waals surface area contributed by atoms with Crippen molar-refractivity contribution >= 4 is 50.1 Å². The highest BCUT2D eigenvalue weighted by molar-refractivity contribution is 14.1. The van der Waals surface area contributed by atoms with E-state index in [-0.39, 0.29) is 19.8 Å². The van der Waals surface area contributed by atoms with Gasteiger partial charge in [0.15, 0.2) is 11.5 Å². The molecule has 0 bridgehead atoms. The molecule has 0 radical (unpaired) electrons. The number of nitrogens with zero attached hydrogens (tertiary/aromatic N) is 2. The van der Waals surface area contributed by atoms with Crippen LogP contribution in [0.3, 0.4) is 0 Å². The van der Waals surface area contributed by atoms with E-state index in [0.717, 1.165) is 25.8 Å². The second kappa shape index (κ2) is 8.70. The van der Waals surface area contributed by atoms with Crippen molar-refractivity contribution in [2.45, 2.75) is 32.8 Å². The van der Waals surface area contributed by atoms with Crippen LogP contribution in [0.4, 0.5) is 0 Å². The number of rotatable bonds is 7. The maximum atomic E-state index is 12.7. The van der Waals surface area contributed by atoms with Crippen molar-refractivity contribution in [3.8, 4) is 17.4 Å². The van der Waals surface area contributed by atoms with Gasteiger partial charge in [0.1, 0.15) is 11.2 Å². The molecule has 0 saturated carbocycles. The zero-order chi connectivity index (χ0) is 20.4. The van der Waals surface area contributed by atoms with Gasteiger partial charge in [0.2, 0.25) is 18.8 Å². The number of fused-ring (bicyclic) bond motifs is 2. The van der Waals surface area contributed by atoms with Gasteiger partial charge in [-0.05, 0) is 42.0 Å². The lowest BCUT2D eigenvalue weighted by Crippen LogP contribution is -2.32. The van der Waals surface area contributed by atoms with E-state index in [0.29, 0.717) is 17.4 Å². The second-order valence-electron chi connectivity index (χ2n) is 6.27. The molecule has 0 saturated heterocycles. The molecule has 0 aliphatic carbocycles. The zero-order valence-electron chi connectivity index (χ0n) is 15.9. The summed E-state index contributed by atoms with van der Waals surface area (Å²) in [5, 5.41) is 0.835. The summed E-state index contributed by atoms with van der Waals surface area (Å²) in [6.45, 7) is 4.29. The van der Waals surface area contributed by atoms with Gasteiger partial charge >= 0.3 is 5.97 Å². The van der Waals surface area contributed by atoms with Crippen LogP contribution in [0.2, 0.25) is 0 Å². The van der Waals surface area contributed by atoms with Crippen molar-refractivity contribution in [3.63, 3.8) is 0 Å². The molecule has 4 rings (SSSR count). The molecule has 0 spiro atoms. The summed E-state index contributed by atoms with van der Waals surface area (Å²) in [7, 11) is 0.